The Bertz CT molecular complexity index is 178. The van der Waals surface area contributed by atoms with Crippen molar-refractivity contribution in [1.82, 2.24) is 10.2 Å². The zero-order valence-electron chi connectivity index (χ0n) is 9.62. The van der Waals surface area contributed by atoms with Crippen molar-refractivity contribution >= 4 is 0 Å². The molecule has 2 aliphatic rings. The van der Waals surface area contributed by atoms with Crippen LogP contribution in [-0.4, -0.2) is 48.3 Å². The third kappa shape index (κ3) is 4.49. The van der Waals surface area contributed by atoms with E-state index in [1.165, 1.54) is 45.2 Å². The summed E-state index contributed by atoms with van der Waals surface area (Å²) in [7, 11) is 0. The fourth-order valence-corrected chi connectivity index (χ4v) is 2.07. The Morgan fingerprint density at radius 1 is 1.07 bits per heavy atom. The van der Waals surface area contributed by atoms with Crippen molar-refractivity contribution in [3.8, 4) is 0 Å². The lowest BCUT2D eigenvalue weighted by molar-refractivity contribution is 0.215. The summed E-state index contributed by atoms with van der Waals surface area (Å²) in [4.78, 5) is 2.56. The van der Waals surface area contributed by atoms with Crippen LogP contribution in [0, 0.1) is 0 Å². The third-order valence-electron chi connectivity index (χ3n) is 3.30. The molecule has 0 bridgehead atoms. The largest absolute Gasteiger partial charge is 0.396 e. The Morgan fingerprint density at radius 3 is 2.40 bits per heavy atom. The van der Waals surface area contributed by atoms with Crippen LogP contribution < -0.4 is 5.32 Å². The van der Waals surface area contributed by atoms with E-state index in [2.05, 4.69) is 10.2 Å². The number of aliphatic hydroxyl groups excluding tert-OH is 1. The van der Waals surface area contributed by atoms with Gasteiger partial charge in [-0.25, -0.2) is 0 Å². The second-order valence-corrected chi connectivity index (χ2v) is 4.93. The molecule has 2 aliphatic carbocycles. The van der Waals surface area contributed by atoms with E-state index < -0.39 is 0 Å². The van der Waals surface area contributed by atoms with Crippen LogP contribution >= 0.6 is 0 Å². The van der Waals surface area contributed by atoms with Gasteiger partial charge in [-0.3, -0.25) is 0 Å². The molecular formula is C12H24N2O. The van der Waals surface area contributed by atoms with Crippen molar-refractivity contribution in [1.29, 1.82) is 0 Å². The highest BCUT2D eigenvalue weighted by Gasteiger charge is 2.28. The first-order valence-corrected chi connectivity index (χ1v) is 6.48. The third-order valence-corrected chi connectivity index (χ3v) is 3.30. The molecule has 0 aromatic heterocycles. The summed E-state index contributed by atoms with van der Waals surface area (Å²) in [6.07, 6.45) is 7.72. The van der Waals surface area contributed by atoms with Gasteiger partial charge >= 0.3 is 0 Å². The predicted molar refractivity (Wildman–Crippen MR) is 61.9 cm³/mol. The second-order valence-electron chi connectivity index (χ2n) is 4.93. The molecule has 0 saturated heterocycles. The summed E-state index contributed by atoms with van der Waals surface area (Å²) in [6.45, 7) is 3.81. The average molecular weight is 212 g/mol. The van der Waals surface area contributed by atoms with Crippen LogP contribution in [0.15, 0.2) is 0 Å². The van der Waals surface area contributed by atoms with E-state index in [9.17, 15) is 0 Å². The molecule has 2 fully saturated rings. The molecule has 0 unspecified atom stereocenters. The molecule has 0 aromatic rings. The lowest BCUT2D eigenvalue weighted by Crippen LogP contribution is -2.31. The first-order valence-electron chi connectivity index (χ1n) is 6.48. The van der Waals surface area contributed by atoms with Crippen molar-refractivity contribution in [3.63, 3.8) is 0 Å². The molecule has 0 amide bonds. The molecule has 3 heteroatoms. The zero-order chi connectivity index (χ0) is 10.5. The summed E-state index contributed by atoms with van der Waals surface area (Å²) in [5.74, 6) is 0. The number of nitrogens with zero attached hydrogens (tertiary/aromatic N) is 1. The Morgan fingerprint density at radius 2 is 1.80 bits per heavy atom. The molecule has 2 rings (SSSR count). The molecular weight excluding hydrogens is 188 g/mol. The highest BCUT2D eigenvalue weighted by molar-refractivity contribution is 4.85. The van der Waals surface area contributed by atoms with E-state index in [1.54, 1.807) is 0 Å². The smallest absolute Gasteiger partial charge is 0.0443 e. The topological polar surface area (TPSA) is 35.5 Å². The molecule has 3 nitrogen and oxygen atoms in total. The molecule has 88 valence electrons. The lowest BCUT2D eigenvalue weighted by atomic mass is 10.3. The first kappa shape index (κ1) is 11.4. The maximum Gasteiger partial charge on any atom is 0.0443 e. The van der Waals surface area contributed by atoms with Crippen LogP contribution in [0.3, 0.4) is 0 Å². The van der Waals surface area contributed by atoms with Crippen molar-refractivity contribution in [3.05, 3.63) is 0 Å². The monoisotopic (exact) mass is 212 g/mol. The fourth-order valence-electron chi connectivity index (χ4n) is 2.07. The molecule has 0 aromatic carbocycles. The molecule has 0 spiro atoms. The average Bonchev–Trinajstić information content (AvgIpc) is 3.09. The minimum absolute atomic E-state index is 0.337. The number of rotatable bonds is 9. The van der Waals surface area contributed by atoms with Gasteiger partial charge in [0, 0.05) is 25.2 Å². The Labute approximate surface area is 92.8 Å². The first-order chi connectivity index (χ1) is 7.40. The minimum atomic E-state index is 0.337. The van der Waals surface area contributed by atoms with E-state index in [1.807, 2.05) is 0 Å². The molecule has 2 N–H and O–H groups in total. The van der Waals surface area contributed by atoms with E-state index in [0.717, 1.165) is 25.0 Å². The van der Waals surface area contributed by atoms with Crippen LogP contribution in [0.5, 0.6) is 0 Å². The minimum Gasteiger partial charge on any atom is -0.396 e. The second kappa shape index (κ2) is 5.83. The maximum absolute atomic E-state index is 8.83. The zero-order valence-corrected chi connectivity index (χ0v) is 9.62. The van der Waals surface area contributed by atoms with Gasteiger partial charge in [-0.15, -0.1) is 0 Å². The van der Waals surface area contributed by atoms with Gasteiger partial charge in [-0.2, -0.15) is 0 Å². The number of hydrogen-bond donors (Lipinski definition) is 2. The van der Waals surface area contributed by atoms with Crippen molar-refractivity contribution in [2.24, 2.45) is 0 Å². The van der Waals surface area contributed by atoms with Crippen molar-refractivity contribution < 1.29 is 5.11 Å². The molecule has 0 heterocycles. The van der Waals surface area contributed by atoms with E-state index in [4.69, 9.17) is 5.11 Å². The van der Waals surface area contributed by atoms with Gasteiger partial charge in [0.05, 0.1) is 0 Å². The van der Waals surface area contributed by atoms with E-state index in [0.29, 0.717) is 6.61 Å². The fraction of sp³-hybridized carbons (Fsp3) is 1.00. The number of aliphatic hydroxyl groups is 1. The lowest BCUT2D eigenvalue weighted by Gasteiger charge is -2.21. The van der Waals surface area contributed by atoms with E-state index in [-0.39, 0.29) is 0 Å². The van der Waals surface area contributed by atoms with Gasteiger partial charge in [0.1, 0.15) is 0 Å². The quantitative estimate of drug-likeness (QED) is 0.559. The van der Waals surface area contributed by atoms with Crippen LogP contribution in [-0.2, 0) is 0 Å². The number of nitrogens with one attached hydrogen (secondary N) is 1. The SMILES string of the molecule is OCCCN(CCCNC1CC1)C1CC1. The predicted octanol–water partition coefficient (Wildman–Crippen LogP) is 0.975. The summed E-state index contributed by atoms with van der Waals surface area (Å²) in [5, 5.41) is 12.4. The van der Waals surface area contributed by atoms with Gasteiger partial charge in [-0.1, -0.05) is 0 Å². The summed E-state index contributed by atoms with van der Waals surface area (Å²) in [6, 6.07) is 1.69. The number of hydrogen-bond acceptors (Lipinski definition) is 3. The molecule has 0 aliphatic heterocycles. The normalized spacial score (nSPS) is 21.2. The van der Waals surface area contributed by atoms with Crippen LogP contribution in [0.25, 0.3) is 0 Å². The van der Waals surface area contributed by atoms with Gasteiger partial charge in [-0.05, 0) is 51.6 Å². The highest BCUT2D eigenvalue weighted by Crippen LogP contribution is 2.26. The standard InChI is InChI=1S/C12H24N2O/c15-10-2-9-14(12-5-6-12)8-1-7-13-11-3-4-11/h11-13,15H,1-10H2. The molecule has 0 atom stereocenters. The Kier molecular flexibility index (Phi) is 4.42. The van der Waals surface area contributed by atoms with Crippen molar-refractivity contribution in [2.45, 2.75) is 50.6 Å². The Hall–Kier alpha value is -0.120. The van der Waals surface area contributed by atoms with Gasteiger partial charge in [0.2, 0.25) is 0 Å². The Balaban J connectivity index is 1.51. The molecule has 0 radical (unpaired) electrons. The maximum atomic E-state index is 8.83. The van der Waals surface area contributed by atoms with Crippen LogP contribution in [0.2, 0.25) is 0 Å². The van der Waals surface area contributed by atoms with E-state index >= 15 is 0 Å². The summed E-state index contributed by atoms with van der Waals surface area (Å²) in [5.41, 5.74) is 0. The van der Waals surface area contributed by atoms with Gasteiger partial charge < -0.3 is 15.3 Å². The van der Waals surface area contributed by atoms with Crippen LogP contribution in [0.4, 0.5) is 0 Å². The summed E-state index contributed by atoms with van der Waals surface area (Å²) < 4.78 is 0. The van der Waals surface area contributed by atoms with Gasteiger partial charge in [0.25, 0.3) is 0 Å². The van der Waals surface area contributed by atoms with Crippen molar-refractivity contribution in [2.75, 3.05) is 26.2 Å². The van der Waals surface area contributed by atoms with Crippen LogP contribution in [0.1, 0.15) is 38.5 Å². The summed E-state index contributed by atoms with van der Waals surface area (Å²) >= 11 is 0. The molecule has 15 heavy (non-hydrogen) atoms. The molecule has 2 saturated carbocycles. The highest BCUT2D eigenvalue weighted by atomic mass is 16.3. The van der Waals surface area contributed by atoms with Gasteiger partial charge in [0.15, 0.2) is 0 Å².